The molecule has 2 fully saturated rings. The Hall–Kier alpha value is -3.69. The fourth-order valence-corrected chi connectivity index (χ4v) is 6.57. The van der Waals surface area contributed by atoms with Crippen molar-refractivity contribution in [3.05, 3.63) is 64.7 Å². The van der Waals surface area contributed by atoms with Gasteiger partial charge >= 0.3 is 0 Å². The molecule has 2 aliphatic rings. The molecule has 0 bridgehead atoms. The van der Waals surface area contributed by atoms with E-state index in [1.807, 2.05) is 6.07 Å². The van der Waals surface area contributed by atoms with Crippen molar-refractivity contribution in [1.82, 2.24) is 14.7 Å². The first-order valence-electron chi connectivity index (χ1n) is 13.2. The van der Waals surface area contributed by atoms with Gasteiger partial charge in [0.15, 0.2) is 0 Å². The number of hydrogen-bond acceptors (Lipinski definition) is 7. The lowest BCUT2D eigenvalue weighted by atomic mass is 9.99. The van der Waals surface area contributed by atoms with Gasteiger partial charge in [-0.2, -0.15) is 10.4 Å². The van der Waals surface area contributed by atoms with Crippen molar-refractivity contribution in [3.63, 3.8) is 0 Å². The monoisotopic (exact) mass is 563 g/mol. The Bertz CT molecular complexity index is 1640. The number of halogens is 2. The van der Waals surface area contributed by atoms with Gasteiger partial charge in [-0.15, -0.1) is 11.3 Å². The van der Waals surface area contributed by atoms with Gasteiger partial charge in [-0.1, -0.05) is 6.07 Å². The van der Waals surface area contributed by atoms with Crippen LogP contribution in [0.2, 0.25) is 0 Å². The molecule has 3 N–H and O–H groups in total. The molecule has 2 aliphatic heterocycles. The van der Waals surface area contributed by atoms with Gasteiger partial charge in [0.25, 0.3) is 5.91 Å². The minimum absolute atomic E-state index is 0.103. The van der Waals surface area contributed by atoms with E-state index in [0.717, 1.165) is 24.2 Å². The molecule has 4 aromatic rings. The Morgan fingerprint density at radius 3 is 2.77 bits per heavy atom. The molecule has 3 atom stereocenters. The third-order valence-electron chi connectivity index (χ3n) is 7.57. The number of rotatable bonds is 4. The lowest BCUT2D eigenvalue weighted by Crippen LogP contribution is -2.45. The number of carbonyl (C=O) groups is 1. The summed E-state index contributed by atoms with van der Waals surface area (Å²) in [4.78, 5) is 16.0. The topological polar surface area (TPSA) is 117 Å². The van der Waals surface area contributed by atoms with E-state index in [1.165, 1.54) is 18.2 Å². The van der Waals surface area contributed by atoms with E-state index in [0.29, 0.717) is 64.5 Å². The second kappa shape index (κ2) is 10.7. The van der Waals surface area contributed by atoms with Crippen molar-refractivity contribution in [2.45, 2.75) is 37.5 Å². The van der Waals surface area contributed by atoms with Crippen molar-refractivity contribution in [2.24, 2.45) is 5.73 Å². The van der Waals surface area contributed by atoms with E-state index in [-0.39, 0.29) is 29.1 Å². The van der Waals surface area contributed by atoms with Crippen LogP contribution in [0, 0.1) is 23.0 Å². The summed E-state index contributed by atoms with van der Waals surface area (Å²) in [6.07, 6.45) is 3.25. The van der Waals surface area contributed by atoms with Crippen LogP contribution < -0.4 is 5.73 Å². The number of hydrogen-bond donors (Lipinski definition) is 2. The molecular weight excluding hydrogens is 536 g/mol. The zero-order valence-corrected chi connectivity index (χ0v) is 22.3. The quantitative estimate of drug-likeness (QED) is 0.379. The highest BCUT2D eigenvalue weighted by Crippen LogP contribution is 2.42. The number of aromatic nitrogens is 2. The van der Waals surface area contributed by atoms with E-state index in [2.05, 4.69) is 5.10 Å². The van der Waals surface area contributed by atoms with Gasteiger partial charge in [-0.25, -0.2) is 8.78 Å². The number of nitrogens with two attached hydrogens (primary N) is 1. The van der Waals surface area contributed by atoms with Gasteiger partial charge < -0.3 is 20.5 Å². The molecule has 0 saturated carbocycles. The summed E-state index contributed by atoms with van der Waals surface area (Å²) in [5.41, 5.74) is 7.57. The summed E-state index contributed by atoms with van der Waals surface area (Å²) in [7, 11) is 0. The third kappa shape index (κ3) is 4.88. The summed E-state index contributed by atoms with van der Waals surface area (Å²) in [5, 5.41) is 24.7. The van der Waals surface area contributed by atoms with Crippen LogP contribution in [0.3, 0.4) is 0 Å². The van der Waals surface area contributed by atoms with Crippen LogP contribution in [0.1, 0.15) is 40.5 Å². The van der Waals surface area contributed by atoms with Crippen LogP contribution in [-0.2, 0) is 4.74 Å². The summed E-state index contributed by atoms with van der Waals surface area (Å²) < 4.78 is 37.5. The van der Waals surface area contributed by atoms with E-state index in [1.54, 1.807) is 34.0 Å². The Balaban J connectivity index is 1.46. The van der Waals surface area contributed by atoms with E-state index >= 15 is 4.39 Å². The maximum absolute atomic E-state index is 15.7. The molecule has 3 unspecified atom stereocenters. The van der Waals surface area contributed by atoms with Crippen molar-refractivity contribution < 1.29 is 23.4 Å². The van der Waals surface area contributed by atoms with Crippen LogP contribution in [0.4, 0.5) is 8.78 Å². The van der Waals surface area contributed by atoms with Crippen LogP contribution in [0.15, 0.2) is 42.6 Å². The number of nitrogens with zero attached hydrogens (tertiary/aromatic N) is 4. The van der Waals surface area contributed by atoms with Gasteiger partial charge in [-0.3, -0.25) is 9.48 Å². The molecule has 206 valence electrons. The largest absolute Gasteiger partial charge is 0.391 e. The van der Waals surface area contributed by atoms with Crippen molar-refractivity contribution in [2.75, 3.05) is 26.3 Å². The second-order valence-electron chi connectivity index (χ2n) is 10.3. The number of benzene rings is 2. The summed E-state index contributed by atoms with van der Waals surface area (Å²) in [6, 6.07) is 10.2. The molecule has 40 heavy (non-hydrogen) atoms. The van der Waals surface area contributed by atoms with Crippen molar-refractivity contribution in [3.8, 4) is 27.6 Å². The Kier molecular flexibility index (Phi) is 7.10. The number of fused-ring (bicyclic) bond motifs is 1. The average molecular weight is 564 g/mol. The molecule has 6 rings (SSSR count). The number of thiophene rings is 1. The SMILES string of the molecule is N#Cc1ccc(-c2cc(C(=O)N3CCCC(N)C3)sc2-c2cc3cn(C4COCCC4O)nc3cc2F)cc1F. The average Bonchev–Trinajstić information content (AvgIpc) is 3.57. The lowest BCUT2D eigenvalue weighted by Gasteiger charge is -2.30. The van der Waals surface area contributed by atoms with Crippen LogP contribution in [-0.4, -0.2) is 64.1 Å². The van der Waals surface area contributed by atoms with Crippen molar-refractivity contribution in [1.29, 1.82) is 5.26 Å². The molecule has 0 aliphatic carbocycles. The van der Waals surface area contributed by atoms with Gasteiger partial charge in [0.2, 0.25) is 0 Å². The lowest BCUT2D eigenvalue weighted by molar-refractivity contribution is -0.0327. The molecule has 1 amide bonds. The predicted octanol–water partition coefficient (Wildman–Crippen LogP) is 4.47. The number of piperidine rings is 1. The van der Waals surface area contributed by atoms with E-state index < -0.39 is 17.7 Å². The molecule has 2 saturated heterocycles. The van der Waals surface area contributed by atoms with Crippen LogP contribution >= 0.6 is 11.3 Å². The van der Waals surface area contributed by atoms with E-state index in [4.69, 9.17) is 10.5 Å². The van der Waals surface area contributed by atoms with Gasteiger partial charge in [0, 0.05) is 59.4 Å². The maximum Gasteiger partial charge on any atom is 0.264 e. The summed E-state index contributed by atoms with van der Waals surface area (Å²) in [6.45, 7) is 1.79. The molecule has 0 radical (unpaired) electrons. The normalized spacial score (nSPS) is 21.5. The number of aliphatic hydroxyl groups is 1. The van der Waals surface area contributed by atoms with Crippen molar-refractivity contribution >= 4 is 28.1 Å². The van der Waals surface area contributed by atoms with Crippen LogP contribution in [0.25, 0.3) is 32.5 Å². The minimum atomic E-state index is -0.697. The highest BCUT2D eigenvalue weighted by atomic mass is 32.1. The first-order valence-corrected chi connectivity index (χ1v) is 14.0. The zero-order chi connectivity index (χ0) is 28.0. The molecule has 8 nitrogen and oxygen atoms in total. The first-order chi connectivity index (χ1) is 19.3. The molecule has 0 spiro atoms. The first kappa shape index (κ1) is 26.5. The van der Waals surface area contributed by atoms with Gasteiger partial charge in [-0.05, 0) is 49.1 Å². The molecule has 2 aromatic carbocycles. The molecule has 11 heteroatoms. The zero-order valence-electron chi connectivity index (χ0n) is 21.5. The Labute approximate surface area is 233 Å². The number of nitriles is 1. The van der Waals surface area contributed by atoms with Gasteiger partial charge in [0.05, 0.1) is 28.7 Å². The highest BCUT2D eigenvalue weighted by molar-refractivity contribution is 7.18. The molecule has 4 heterocycles. The smallest absolute Gasteiger partial charge is 0.264 e. The third-order valence-corrected chi connectivity index (χ3v) is 8.73. The Morgan fingerprint density at radius 1 is 1.18 bits per heavy atom. The van der Waals surface area contributed by atoms with E-state index in [9.17, 15) is 19.6 Å². The fraction of sp³-hybridized carbons (Fsp3) is 0.345. The molecule has 2 aromatic heterocycles. The number of carbonyl (C=O) groups excluding carboxylic acids is 1. The second-order valence-corrected chi connectivity index (χ2v) is 11.4. The standard InChI is InChI=1S/C29H27F2N5O3S/c30-22-9-16(3-4-17(22)12-32)20-10-27(29(38)35-6-1-2-19(33)14-35)40-28(20)21-8-18-13-36(34-24(18)11-23(21)31)25-15-39-7-5-26(25)37/h3-4,8-11,13,19,25-26,37H,1-2,5-7,14-15,33H2. The van der Waals surface area contributed by atoms with Gasteiger partial charge in [0.1, 0.15) is 23.7 Å². The number of ether oxygens (including phenoxy) is 1. The number of aliphatic hydroxyl groups excluding tert-OH is 1. The summed E-state index contributed by atoms with van der Waals surface area (Å²) >= 11 is 1.14. The number of amides is 1. The summed E-state index contributed by atoms with van der Waals surface area (Å²) in [5.74, 6) is -1.45. The van der Waals surface area contributed by atoms with Crippen LogP contribution in [0.5, 0.6) is 0 Å². The maximum atomic E-state index is 15.7. The Morgan fingerprint density at radius 2 is 2.02 bits per heavy atom. The number of likely N-dealkylation sites (tertiary alicyclic amines) is 1. The predicted molar refractivity (Wildman–Crippen MR) is 147 cm³/mol. The molecular formula is C29H27F2N5O3S. The fourth-order valence-electron chi connectivity index (χ4n) is 5.41. The minimum Gasteiger partial charge on any atom is -0.391 e. The highest BCUT2D eigenvalue weighted by Gasteiger charge is 2.28.